The van der Waals surface area contributed by atoms with E-state index in [-0.39, 0.29) is 35.5 Å². The molecule has 0 saturated heterocycles. The highest BCUT2D eigenvalue weighted by atomic mass is 19.4. The number of aromatic nitrogens is 4. The third-order valence-corrected chi connectivity index (χ3v) is 4.58. The normalized spacial score (nSPS) is 11.3. The van der Waals surface area contributed by atoms with Gasteiger partial charge in [-0.1, -0.05) is 6.07 Å². The SMILES string of the molecule is Cc1c(NC(=O)c2ccn(COc3cccc(C(F)(F)F)c3)n2)c(C(=O)N(C)C)nn1C. The fraction of sp³-hybridized carbons (Fsp3) is 0.300. The van der Waals surface area contributed by atoms with Crippen molar-refractivity contribution >= 4 is 17.5 Å². The molecular weight excluding hydrogens is 429 g/mol. The van der Waals surface area contributed by atoms with Crippen LogP contribution >= 0.6 is 0 Å². The molecule has 1 aromatic carbocycles. The first-order valence-corrected chi connectivity index (χ1v) is 9.37. The summed E-state index contributed by atoms with van der Waals surface area (Å²) in [6, 6.07) is 5.87. The van der Waals surface area contributed by atoms with E-state index >= 15 is 0 Å². The monoisotopic (exact) mass is 450 g/mol. The summed E-state index contributed by atoms with van der Waals surface area (Å²) in [6.07, 6.45) is -3.03. The maximum Gasteiger partial charge on any atom is 0.416 e. The molecule has 0 unspecified atom stereocenters. The van der Waals surface area contributed by atoms with Gasteiger partial charge in [-0.05, 0) is 31.2 Å². The lowest BCUT2D eigenvalue weighted by atomic mass is 10.2. The predicted octanol–water partition coefficient (Wildman–Crippen LogP) is 2.93. The zero-order chi connectivity index (χ0) is 23.6. The van der Waals surface area contributed by atoms with Gasteiger partial charge in [-0.15, -0.1) is 0 Å². The summed E-state index contributed by atoms with van der Waals surface area (Å²) in [5.41, 5.74) is 0.145. The number of nitrogens with zero attached hydrogens (tertiary/aromatic N) is 5. The Hall–Kier alpha value is -3.83. The van der Waals surface area contributed by atoms with Gasteiger partial charge in [0, 0.05) is 27.3 Å². The number of carbonyl (C=O) groups is 2. The van der Waals surface area contributed by atoms with Crippen molar-refractivity contribution in [1.82, 2.24) is 24.5 Å². The minimum atomic E-state index is -4.48. The number of halogens is 3. The molecule has 0 aliphatic heterocycles. The number of benzene rings is 1. The van der Waals surface area contributed by atoms with Gasteiger partial charge in [0.1, 0.15) is 5.75 Å². The van der Waals surface area contributed by atoms with Crippen molar-refractivity contribution in [3.05, 3.63) is 59.2 Å². The number of nitrogens with one attached hydrogen (secondary N) is 1. The summed E-state index contributed by atoms with van der Waals surface area (Å²) in [6.45, 7) is 1.50. The molecule has 0 saturated carbocycles. The van der Waals surface area contributed by atoms with Gasteiger partial charge >= 0.3 is 6.18 Å². The van der Waals surface area contributed by atoms with Crippen LogP contribution in [0.3, 0.4) is 0 Å². The van der Waals surface area contributed by atoms with E-state index in [1.165, 1.54) is 38.7 Å². The molecule has 2 aromatic heterocycles. The number of hydrogen-bond acceptors (Lipinski definition) is 5. The number of aryl methyl sites for hydroxylation is 1. The van der Waals surface area contributed by atoms with Crippen LogP contribution in [0.5, 0.6) is 5.75 Å². The van der Waals surface area contributed by atoms with Gasteiger partial charge in [0.25, 0.3) is 11.8 Å². The van der Waals surface area contributed by atoms with Crippen molar-refractivity contribution in [1.29, 1.82) is 0 Å². The van der Waals surface area contributed by atoms with Crippen molar-refractivity contribution in [2.24, 2.45) is 7.05 Å². The third-order valence-electron chi connectivity index (χ3n) is 4.58. The molecule has 0 bridgehead atoms. The van der Waals surface area contributed by atoms with Crippen LogP contribution in [0.15, 0.2) is 36.5 Å². The standard InChI is InChI=1S/C20H21F3N6O3/c1-12-16(17(26-28(12)4)19(31)27(2)3)24-18(30)15-8-9-29(25-15)11-32-14-7-5-6-13(10-14)20(21,22)23/h5-10H,11H2,1-4H3,(H,24,30). The predicted molar refractivity (Wildman–Crippen MR) is 108 cm³/mol. The average Bonchev–Trinajstić information content (AvgIpc) is 3.31. The molecule has 0 spiro atoms. The van der Waals surface area contributed by atoms with E-state index in [1.54, 1.807) is 28.1 Å². The molecular formula is C20H21F3N6O3. The molecule has 0 aliphatic rings. The van der Waals surface area contributed by atoms with Crippen LogP contribution in [-0.4, -0.2) is 50.4 Å². The number of carbonyl (C=O) groups excluding carboxylic acids is 2. The first kappa shape index (κ1) is 22.8. The van der Waals surface area contributed by atoms with Gasteiger partial charge < -0.3 is 15.0 Å². The lowest BCUT2D eigenvalue weighted by Crippen LogP contribution is -2.24. The summed E-state index contributed by atoms with van der Waals surface area (Å²) in [7, 11) is 4.80. The fourth-order valence-electron chi connectivity index (χ4n) is 2.75. The van der Waals surface area contributed by atoms with Gasteiger partial charge in [-0.25, -0.2) is 4.68 Å². The van der Waals surface area contributed by atoms with Crippen molar-refractivity contribution in [3.8, 4) is 5.75 Å². The highest BCUT2D eigenvalue weighted by Crippen LogP contribution is 2.31. The Morgan fingerprint density at radius 3 is 2.56 bits per heavy atom. The Kier molecular flexibility index (Phi) is 6.23. The summed E-state index contributed by atoms with van der Waals surface area (Å²) >= 11 is 0. The highest BCUT2D eigenvalue weighted by Gasteiger charge is 2.30. The maximum absolute atomic E-state index is 12.8. The van der Waals surface area contributed by atoms with E-state index in [0.29, 0.717) is 5.69 Å². The number of anilines is 1. The molecule has 0 radical (unpaired) electrons. The Bertz CT molecular complexity index is 1150. The highest BCUT2D eigenvalue weighted by molar-refractivity contribution is 6.07. The topological polar surface area (TPSA) is 94.3 Å². The smallest absolute Gasteiger partial charge is 0.416 e. The van der Waals surface area contributed by atoms with Gasteiger partial charge in [-0.2, -0.15) is 23.4 Å². The van der Waals surface area contributed by atoms with E-state index in [0.717, 1.165) is 12.1 Å². The van der Waals surface area contributed by atoms with Crippen LogP contribution in [0.25, 0.3) is 0 Å². The van der Waals surface area contributed by atoms with Crippen LogP contribution in [0.4, 0.5) is 18.9 Å². The van der Waals surface area contributed by atoms with Gasteiger partial charge in [0.2, 0.25) is 0 Å². The second-order valence-electron chi connectivity index (χ2n) is 7.13. The van der Waals surface area contributed by atoms with E-state index in [2.05, 4.69) is 15.5 Å². The van der Waals surface area contributed by atoms with Crippen molar-refractivity contribution in [2.75, 3.05) is 19.4 Å². The third kappa shape index (κ3) is 4.90. The lowest BCUT2D eigenvalue weighted by Gasteiger charge is -2.10. The van der Waals surface area contributed by atoms with Gasteiger partial charge in [0.15, 0.2) is 18.1 Å². The molecule has 9 nitrogen and oxygen atoms in total. The second-order valence-corrected chi connectivity index (χ2v) is 7.13. The van der Waals surface area contributed by atoms with Crippen molar-refractivity contribution in [3.63, 3.8) is 0 Å². The summed E-state index contributed by atoms with van der Waals surface area (Å²) in [5.74, 6) is -0.935. The number of ether oxygens (including phenoxy) is 1. The van der Waals surface area contributed by atoms with Crippen LogP contribution in [-0.2, 0) is 20.0 Å². The minimum Gasteiger partial charge on any atom is -0.471 e. The Labute approximate surface area is 181 Å². The molecule has 3 aromatic rings. The average molecular weight is 450 g/mol. The molecule has 3 rings (SSSR count). The van der Waals surface area contributed by atoms with E-state index in [9.17, 15) is 22.8 Å². The summed E-state index contributed by atoms with van der Waals surface area (Å²) in [4.78, 5) is 26.3. The van der Waals surface area contributed by atoms with E-state index in [4.69, 9.17) is 4.74 Å². The lowest BCUT2D eigenvalue weighted by molar-refractivity contribution is -0.137. The maximum atomic E-state index is 12.8. The Morgan fingerprint density at radius 1 is 1.19 bits per heavy atom. The number of amides is 2. The van der Waals surface area contributed by atoms with Gasteiger partial charge in [-0.3, -0.25) is 14.3 Å². The summed E-state index contributed by atoms with van der Waals surface area (Å²) < 4.78 is 46.5. The van der Waals surface area contributed by atoms with Crippen molar-refractivity contribution < 1.29 is 27.5 Å². The number of alkyl halides is 3. The summed E-state index contributed by atoms with van der Waals surface area (Å²) in [5, 5.41) is 10.9. The largest absolute Gasteiger partial charge is 0.471 e. The number of rotatable bonds is 6. The zero-order valence-electron chi connectivity index (χ0n) is 17.8. The van der Waals surface area contributed by atoms with Gasteiger partial charge in [0.05, 0.1) is 16.9 Å². The zero-order valence-corrected chi connectivity index (χ0v) is 17.8. The Balaban J connectivity index is 1.70. The first-order valence-electron chi connectivity index (χ1n) is 9.37. The number of hydrogen-bond donors (Lipinski definition) is 1. The molecule has 0 aliphatic carbocycles. The molecule has 0 atom stereocenters. The molecule has 2 amide bonds. The van der Waals surface area contributed by atoms with Crippen LogP contribution in [0.1, 0.15) is 32.2 Å². The molecule has 2 heterocycles. The van der Waals surface area contributed by atoms with Crippen LogP contribution in [0.2, 0.25) is 0 Å². The minimum absolute atomic E-state index is 0.0131. The van der Waals surface area contributed by atoms with E-state index < -0.39 is 17.6 Å². The molecule has 170 valence electrons. The van der Waals surface area contributed by atoms with Crippen LogP contribution in [0, 0.1) is 6.92 Å². The van der Waals surface area contributed by atoms with Crippen molar-refractivity contribution in [2.45, 2.75) is 19.8 Å². The molecule has 1 N–H and O–H groups in total. The van der Waals surface area contributed by atoms with E-state index in [1.807, 2.05) is 0 Å². The van der Waals surface area contributed by atoms with Crippen LogP contribution < -0.4 is 10.1 Å². The second kappa shape index (κ2) is 8.73. The Morgan fingerprint density at radius 2 is 1.91 bits per heavy atom. The molecule has 32 heavy (non-hydrogen) atoms. The fourth-order valence-corrected chi connectivity index (χ4v) is 2.75. The quantitative estimate of drug-likeness (QED) is 0.623. The first-order chi connectivity index (χ1) is 15.0. The molecule has 12 heteroatoms. The molecule has 0 fully saturated rings.